The summed E-state index contributed by atoms with van der Waals surface area (Å²) in [7, 11) is 2.82. The van der Waals surface area contributed by atoms with E-state index in [2.05, 4.69) is 62.7 Å². The molecule has 13 unspecified atom stereocenters. The van der Waals surface area contributed by atoms with E-state index in [1.807, 2.05) is 97.1 Å². The molecule has 35 heteroatoms. The van der Waals surface area contributed by atoms with Crippen LogP contribution in [0.25, 0.3) is 21.5 Å². The summed E-state index contributed by atoms with van der Waals surface area (Å²) in [4.78, 5) is 173. The first-order chi connectivity index (χ1) is 60.6. The third-order valence-electron chi connectivity index (χ3n) is 22.7. The molecule has 14 rings (SSSR count). The number of amides is 10. The summed E-state index contributed by atoms with van der Waals surface area (Å²) in [5, 5.41) is 44.3. The molecule has 0 radical (unpaired) electrons. The minimum atomic E-state index is -1.42. The van der Waals surface area contributed by atoms with E-state index in [9.17, 15) is 24.0 Å². The lowest BCUT2D eigenvalue weighted by Crippen LogP contribution is -2.61. The Morgan fingerprint density at radius 2 is 1.02 bits per heavy atom. The van der Waals surface area contributed by atoms with Crippen LogP contribution in [-0.2, 0) is 89.7 Å². The normalized spacial score (nSPS) is 21.2. The average Bonchev–Trinajstić information content (AvgIpc) is 1.64. The van der Waals surface area contributed by atoms with Crippen molar-refractivity contribution in [2.45, 2.75) is 258 Å². The number of hydrogen-bond acceptors (Lipinski definition) is 22. The molecule has 2 saturated heterocycles. The zero-order chi connectivity index (χ0) is 93.9. The van der Waals surface area contributed by atoms with E-state index in [4.69, 9.17) is 34.2 Å². The molecular weight excluding hydrogens is 1650 g/mol. The fourth-order valence-electron chi connectivity index (χ4n) is 15.3. The first-order valence-electron chi connectivity index (χ1n) is 43.5. The molecule has 0 spiro atoms. The van der Waals surface area contributed by atoms with Gasteiger partial charge in [0.15, 0.2) is 5.82 Å². The highest BCUT2D eigenvalue weighted by atomic mass is 16.6. The van der Waals surface area contributed by atoms with Gasteiger partial charge in [-0.05, 0) is 155 Å². The maximum Gasteiger partial charge on any atom is 0.410 e. The highest BCUT2D eigenvalue weighted by Crippen LogP contribution is 2.35. The van der Waals surface area contributed by atoms with Crippen LogP contribution in [0.1, 0.15) is 176 Å². The number of rotatable bonds is 15. The maximum atomic E-state index is 15.7. The van der Waals surface area contributed by atoms with E-state index < -0.39 is 172 Å². The van der Waals surface area contributed by atoms with Gasteiger partial charge in [0.1, 0.15) is 108 Å². The number of hydrogen-bond donors (Lipinski definition) is 9. The van der Waals surface area contributed by atoms with Crippen LogP contribution in [0.2, 0.25) is 0 Å². The van der Waals surface area contributed by atoms with Crippen LogP contribution in [-0.4, -0.2) is 239 Å². The van der Waals surface area contributed by atoms with E-state index >= 15 is 28.8 Å². The van der Waals surface area contributed by atoms with Crippen LogP contribution in [0, 0.1) is 16.4 Å². The number of aromatic amines is 2. The third-order valence-corrected chi connectivity index (χ3v) is 22.7. The fraction of sp³-hybridized carbons (Fsp3) is 0.500. The summed E-state index contributed by atoms with van der Waals surface area (Å²) in [6, 6.07) is 25.3. The first kappa shape index (κ1) is 96.5. The largest absolute Gasteiger partial charge is 0.491 e. The van der Waals surface area contributed by atoms with Gasteiger partial charge >= 0.3 is 18.2 Å². The molecule has 10 bridgehead atoms. The van der Waals surface area contributed by atoms with Crippen molar-refractivity contribution in [2.24, 2.45) is 20.9 Å². The highest BCUT2D eigenvalue weighted by Gasteiger charge is 2.50. The number of aliphatic imine (C=N–C) groups is 1. The number of benzene rings is 6. The lowest BCUT2D eigenvalue weighted by molar-refractivity contribution is -0.158. The van der Waals surface area contributed by atoms with Crippen molar-refractivity contribution in [1.29, 1.82) is 5.53 Å². The number of likely N-dealkylation sites (N-methyl/N-ethyl adjacent to an activating group) is 2. The number of esters is 1. The molecule has 2 fully saturated rings. The van der Waals surface area contributed by atoms with Crippen molar-refractivity contribution in [3.05, 3.63) is 173 Å². The van der Waals surface area contributed by atoms with Crippen molar-refractivity contribution in [3.63, 3.8) is 0 Å². The van der Waals surface area contributed by atoms with Crippen LogP contribution >= 0.6 is 0 Å². The van der Waals surface area contributed by atoms with E-state index in [-0.39, 0.29) is 64.8 Å². The first-order valence-corrected chi connectivity index (χ1v) is 43.5. The quantitative estimate of drug-likeness (QED) is 0.0262. The summed E-state index contributed by atoms with van der Waals surface area (Å²) >= 11 is 0. The van der Waals surface area contributed by atoms with Crippen LogP contribution < -0.4 is 41.4 Å². The van der Waals surface area contributed by atoms with Crippen LogP contribution in [0.5, 0.6) is 11.5 Å². The summed E-state index contributed by atoms with van der Waals surface area (Å²) in [6.07, 6.45) is 1.20. The molecule has 13 atom stereocenters. The van der Waals surface area contributed by atoms with Crippen molar-refractivity contribution in [2.75, 3.05) is 33.8 Å². The second-order valence-corrected chi connectivity index (χ2v) is 38.7. The topological polar surface area (TPSA) is 443 Å². The summed E-state index contributed by atoms with van der Waals surface area (Å²) < 4.78 is 31.2. The van der Waals surface area contributed by atoms with Gasteiger partial charge in [-0.1, -0.05) is 156 Å². The molecule has 10 amide bonds. The van der Waals surface area contributed by atoms with Gasteiger partial charge < -0.3 is 65.4 Å². The average molecular weight is 1780 g/mol. The Morgan fingerprint density at radius 3 is 1.48 bits per heavy atom. The predicted molar refractivity (Wildman–Crippen MR) is 481 cm³/mol. The number of H-pyrrole nitrogens is 2. The molecule has 129 heavy (non-hydrogen) atoms. The van der Waals surface area contributed by atoms with Gasteiger partial charge in [-0.3, -0.25) is 58.2 Å². The Labute approximate surface area is 751 Å². The van der Waals surface area contributed by atoms with E-state index in [1.165, 1.54) is 48.6 Å². The van der Waals surface area contributed by atoms with Crippen molar-refractivity contribution < 1.29 is 76.4 Å². The zero-order valence-electron chi connectivity index (χ0n) is 76.9. The smallest absolute Gasteiger partial charge is 0.410 e. The molecule has 0 aliphatic carbocycles. The predicted octanol–water partition coefficient (Wildman–Crippen LogP) is 9.69. The van der Waals surface area contributed by atoms with E-state index in [0.717, 1.165) is 36.9 Å². The highest BCUT2D eigenvalue weighted by molar-refractivity contribution is 5.99. The molecule has 0 saturated carbocycles. The standard InChI is InChI=1S/C94H123N19O16/c1-54(109(18)88(123)128-93(12,13)14)79(114)101-76(90(3,4)5)85(120)111-49-64-46-74(111)83(118)98-71(44-58-28-34-60-24-20-22-26-62(60)40-58)81(116)97-70(78-105-107-106-78)42-56-30-36-69(37-31-56)126-53-66-50-113(108-104-66)67-47-75(112(51-67)86(121)77(91(6,7)8)102-80(115)55(2)110(19)89(124)129-94(15,16)17)84(119)99-72(45-59-29-35-61-25-21-23-27-63(61)41-59)82(117)100-73(87(122)127-92(9,10)11)43-57-32-38-68(39-33-57)125-52-65(103-95)48-96-64/h20-41,48,50,54-55,64-65,67,70-77,95,107H,42-47,49,51-53H2,1-19H3,(H,97,116)(H,98,118)(H,99,119)(H,100,117)(H,101,114)(H,102,115)(H,105,106). The Balaban J connectivity index is 0.945. The number of carbonyl (C=O) groups excluding carboxylic acids is 11. The number of nitrogens with one attached hydrogen (secondary N) is 9. The van der Waals surface area contributed by atoms with Crippen molar-refractivity contribution >= 4 is 93.2 Å². The number of carbonyl (C=O) groups is 11. The SMILES string of the molecule is CC(C(=O)NC(C(=O)N1CC2CC1C(=O)NC(Cc1ccc3ccccc3c1)C(=O)NC(C(=O)OC(C)(C)C)Cc1ccc(cc1)OCC(N=N)C=NC1CC(C(=O)NC(Cc3ccc4ccccc4c3)C(=O)NC(c3n[nH][nH]3)Cc3ccc(cc3)OCc3cn2nn3)N(C(=O)C(NC(=O)C(C)N(C)C(=O)OC(C)(C)C)C(C)(C)C)C1)C(C)(C)C)N(C)C(=O)OC(C)(C)C. The van der Waals surface area contributed by atoms with Crippen LogP contribution in [0.3, 0.4) is 0 Å². The van der Waals surface area contributed by atoms with Gasteiger partial charge in [-0.2, -0.15) is 5.11 Å². The molecule has 6 aliphatic rings. The number of aromatic nitrogens is 6. The molecule has 8 heterocycles. The van der Waals surface area contributed by atoms with Crippen molar-refractivity contribution in [1.82, 2.24) is 81.9 Å². The fourth-order valence-corrected chi connectivity index (χ4v) is 15.3. The maximum absolute atomic E-state index is 15.7. The number of likely N-dealkylation sites (tertiary alicyclic amines) is 2. The molecule has 8 aromatic rings. The second-order valence-electron chi connectivity index (χ2n) is 38.7. The second kappa shape index (κ2) is 40.5. The van der Waals surface area contributed by atoms with E-state index in [0.29, 0.717) is 39.7 Å². The molecule has 690 valence electrons. The molecule has 9 N–H and O–H groups in total. The van der Waals surface area contributed by atoms with Crippen molar-refractivity contribution in [3.8, 4) is 11.5 Å². The minimum absolute atomic E-state index is 0.0264. The number of ether oxygens (including phenoxy) is 5. The Bertz CT molecular complexity index is 5390. The van der Waals surface area contributed by atoms with Gasteiger partial charge in [0.2, 0.25) is 47.3 Å². The molecule has 35 nitrogen and oxygen atoms in total. The molecule has 2 aromatic heterocycles. The summed E-state index contributed by atoms with van der Waals surface area (Å²) in [5.41, 5.74) is 6.43. The lowest BCUT2D eigenvalue weighted by atomic mass is 9.85. The Kier molecular flexibility index (Phi) is 30.3. The van der Waals surface area contributed by atoms with Crippen LogP contribution in [0.4, 0.5) is 9.59 Å². The van der Waals surface area contributed by atoms with E-state index in [1.54, 1.807) is 146 Å². The molecule has 6 aliphatic heterocycles. The van der Waals surface area contributed by atoms with Gasteiger partial charge in [-0.25, -0.2) is 29.8 Å². The monoisotopic (exact) mass is 1770 g/mol. The molecule has 6 aromatic carbocycles. The lowest BCUT2D eigenvalue weighted by Gasteiger charge is -2.37. The third kappa shape index (κ3) is 25.9. The Hall–Kier alpha value is -13.1. The van der Waals surface area contributed by atoms with Gasteiger partial charge in [-0.15, -0.1) is 10.2 Å². The van der Waals surface area contributed by atoms with Gasteiger partial charge in [0.05, 0.1) is 24.3 Å². The van der Waals surface area contributed by atoms with Gasteiger partial charge in [0, 0.05) is 71.9 Å². The Morgan fingerprint density at radius 1 is 0.558 bits per heavy atom. The summed E-state index contributed by atoms with van der Waals surface area (Å²) in [5.74, 6) is -5.24. The number of fused-ring (bicyclic) bond motifs is 2. The van der Waals surface area contributed by atoms with Crippen LogP contribution in [0.15, 0.2) is 150 Å². The summed E-state index contributed by atoms with van der Waals surface area (Å²) in [6.45, 7) is 28.0. The zero-order valence-corrected chi connectivity index (χ0v) is 76.9. The minimum Gasteiger partial charge on any atom is -0.491 e. The molecular formula is C94H123N19O16. The number of nitrogens with zero attached hydrogens (tertiary/aromatic N) is 10. The van der Waals surface area contributed by atoms with Gasteiger partial charge in [0.25, 0.3) is 0 Å².